The van der Waals surface area contributed by atoms with Gasteiger partial charge in [-0.3, -0.25) is 4.79 Å². The molecule has 1 aliphatic rings. The molecule has 0 unspecified atom stereocenters. The van der Waals surface area contributed by atoms with Crippen LogP contribution in [0.2, 0.25) is 0 Å². The van der Waals surface area contributed by atoms with E-state index in [0.717, 1.165) is 55.0 Å². The first-order valence-electron chi connectivity index (χ1n) is 9.51. The molecule has 1 N–H and O–H groups in total. The minimum absolute atomic E-state index is 0.141. The van der Waals surface area contributed by atoms with E-state index in [0.29, 0.717) is 11.3 Å². The number of carbonyl (C=O) groups excluding carboxylic acids is 1. The molecule has 4 rings (SSSR count). The number of anilines is 1. The average molecular weight is 399 g/mol. The highest BCUT2D eigenvalue weighted by atomic mass is 19.4. The first-order chi connectivity index (χ1) is 13.9. The zero-order valence-corrected chi connectivity index (χ0v) is 15.7. The van der Waals surface area contributed by atoms with E-state index in [1.165, 1.54) is 12.1 Å². The number of hydrogen-bond donors (Lipinski definition) is 1. The van der Waals surface area contributed by atoms with Crippen molar-refractivity contribution in [1.29, 1.82) is 0 Å². The van der Waals surface area contributed by atoms with Crippen LogP contribution in [0, 0.1) is 0 Å². The number of halogens is 3. The quantitative estimate of drug-likeness (QED) is 0.665. The molecule has 3 aromatic rings. The summed E-state index contributed by atoms with van der Waals surface area (Å²) in [5, 5.41) is 2.83. The van der Waals surface area contributed by atoms with Crippen molar-refractivity contribution in [3.05, 3.63) is 71.7 Å². The van der Waals surface area contributed by atoms with Crippen LogP contribution in [0.5, 0.6) is 0 Å². The Hall–Kier alpha value is -3.09. The molecule has 0 saturated heterocycles. The fraction of sp³-hybridized carbons (Fsp3) is 0.273. The Morgan fingerprint density at radius 2 is 1.93 bits per heavy atom. The summed E-state index contributed by atoms with van der Waals surface area (Å²) < 4.78 is 40.8. The number of amides is 1. The summed E-state index contributed by atoms with van der Waals surface area (Å²) in [7, 11) is 0. The van der Waals surface area contributed by atoms with Gasteiger partial charge >= 0.3 is 6.18 Å². The molecule has 2 aromatic carbocycles. The van der Waals surface area contributed by atoms with Gasteiger partial charge in [0.15, 0.2) is 0 Å². The monoisotopic (exact) mass is 399 g/mol. The van der Waals surface area contributed by atoms with E-state index in [-0.39, 0.29) is 12.3 Å². The molecule has 1 aliphatic heterocycles. The Kier molecular flexibility index (Phi) is 5.13. The van der Waals surface area contributed by atoms with Crippen molar-refractivity contribution in [2.45, 2.75) is 38.4 Å². The number of para-hydroxylation sites is 1. The first kappa shape index (κ1) is 19.2. The van der Waals surface area contributed by atoms with Gasteiger partial charge in [-0.1, -0.05) is 36.4 Å². The number of benzene rings is 2. The largest absolute Gasteiger partial charge is 0.416 e. The number of carbonyl (C=O) groups is 1. The van der Waals surface area contributed by atoms with Crippen LogP contribution in [0.1, 0.15) is 29.8 Å². The molecule has 29 heavy (non-hydrogen) atoms. The third-order valence-electron chi connectivity index (χ3n) is 5.00. The van der Waals surface area contributed by atoms with Crippen molar-refractivity contribution < 1.29 is 18.0 Å². The lowest BCUT2D eigenvalue weighted by Gasteiger charge is -2.11. The second-order valence-electron chi connectivity index (χ2n) is 7.16. The number of alkyl halides is 3. The van der Waals surface area contributed by atoms with Crippen LogP contribution in [0.4, 0.5) is 18.9 Å². The average Bonchev–Trinajstić information content (AvgIpc) is 3.12. The molecule has 7 heteroatoms. The van der Waals surface area contributed by atoms with Crippen molar-refractivity contribution in [1.82, 2.24) is 9.55 Å². The van der Waals surface area contributed by atoms with E-state index < -0.39 is 11.7 Å². The van der Waals surface area contributed by atoms with E-state index in [4.69, 9.17) is 4.98 Å². The molecule has 1 aromatic heterocycles. The summed E-state index contributed by atoms with van der Waals surface area (Å²) in [6, 6.07) is 12.2. The third kappa shape index (κ3) is 4.34. The van der Waals surface area contributed by atoms with Crippen LogP contribution < -0.4 is 5.32 Å². The Morgan fingerprint density at radius 3 is 2.72 bits per heavy atom. The van der Waals surface area contributed by atoms with Crippen LogP contribution in [-0.2, 0) is 30.4 Å². The second kappa shape index (κ2) is 7.73. The molecular formula is C22H20F3N3O. The minimum Gasteiger partial charge on any atom is -0.334 e. The van der Waals surface area contributed by atoms with E-state index in [2.05, 4.69) is 9.88 Å². The first-order valence-corrected chi connectivity index (χ1v) is 9.51. The Labute approximate surface area is 166 Å². The highest BCUT2D eigenvalue weighted by molar-refractivity contribution is 5.96. The van der Waals surface area contributed by atoms with Crippen LogP contribution in [0.15, 0.2) is 54.7 Å². The molecule has 1 amide bonds. The fourth-order valence-electron chi connectivity index (χ4n) is 3.60. The number of fused-ring (bicyclic) bond motifs is 1. The van der Waals surface area contributed by atoms with Crippen LogP contribution >= 0.6 is 0 Å². The maximum absolute atomic E-state index is 12.9. The highest BCUT2D eigenvalue weighted by Crippen LogP contribution is 2.31. The standard InChI is InChI=1S/C22H20F3N3O/c23-22(24,25)16-7-5-6-15(12-16)13-21(29)27-18-9-2-1-8-17(18)19-14-28-11-4-3-10-20(28)26-19/h1-2,5-9,12,14H,3-4,10-11,13H2,(H,27,29). The molecular weight excluding hydrogens is 379 g/mol. The predicted molar refractivity (Wildman–Crippen MR) is 104 cm³/mol. The van der Waals surface area contributed by atoms with Crippen LogP contribution in [0.3, 0.4) is 0 Å². The van der Waals surface area contributed by atoms with Gasteiger partial charge in [-0.2, -0.15) is 13.2 Å². The molecule has 0 bridgehead atoms. The lowest BCUT2D eigenvalue weighted by molar-refractivity contribution is -0.137. The van der Waals surface area contributed by atoms with E-state index in [1.807, 2.05) is 18.3 Å². The molecule has 2 heterocycles. The van der Waals surface area contributed by atoms with Gasteiger partial charge in [0.2, 0.25) is 5.91 Å². The summed E-state index contributed by atoms with van der Waals surface area (Å²) in [6.45, 7) is 0.937. The maximum Gasteiger partial charge on any atom is 0.416 e. The number of aryl methyl sites for hydroxylation is 2. The number of hydrogen-bond acceptors (Lipinski definition) is 2. The molecule has 0 saturated carbocycles. The molecule has 150 valence electrons. The SMILES string of the molecule is O=C(Cc1cccc(C(F)(F)F)c1)Nc1ccccc1-c1cn2c(n1)CCCC2. The van der Waals surface area contributed by atoms with E-state index >= 15 is 0 Å². The topological polar surface area (TPSA) is 46.9 Å². The van der Waals surface area contributed by atoms with Crippen molar-refractivity contribution in [3.8, 4) is 11.3 Å². The predicted octanol–water partition coefficient (Wildman–Crippen LogP) is 5.09. The van der Waals surface area contributed by atoms with Gasteiger partial charge in [0.05, 0.1) is 23.4 Å². The van der Waals surface area contributed by atoms with Gasteiger partial charge in [0.1, 0.15) is 5.82 Å². The zero-order valence-electron chi connectivity index (χ0n) is 15.7. The summed E-state index contributed by atoms with van der Waals surface area (Å²) in [6.07, 6.45) is 0.595. The van der Waals surface area contributed by atoms with Gasteiger partial charge in [-0.05, 0) is 30.5 Å². The lowest BCUT2D eigenvalue weighted by atomic mass is 10.1. The summed E-state index contributed by atoms with van der Waals surface area (Å²) >= 11 is 0. The van der Waals surface area contributed by atoms with Crippen LogP contribution in [-0.4, -0.2) is 15.5 Å². The zero-order chi connectivity index (χ0) is 20.4. The summed E-state index contributed by atoms with van der Waals surface area (Å²) in [5.41, 5.74) is 1.74. The normalized spacial score (nSPS) is 13.8. The Balaban J connectivity index is 1.53. The Bertz CT molecular complexity index is 1020. The molecule has 0 atom stereocenters. The molecule has 0 radical (unpaired) electrons. The number of nitrogens with one attached hydrogen (secondary N) is 1. The van der Waals surface area contributed by atoms with Crippen molar-refractivity contribution in [2.24, 2.45) is 0 Å². The number of aromatic nitrogens is 2. The van der Waals surface area contributed by atoms with Gasteiger partial charge in [0.25, 0.3) is 0 Å². The minimum atomic E-state index is -4.43. The summed E-state index contributed by atoms with van der Waals surface area (Å²) in [4.78, 5) is 17.2. The number of nitrogens with zero attached hydrogens (tertiary/aromatic N) is 2. The van der Waals surface area contributed by atoms with Gasteiger partial charge in [-0.25, -0.2) is 4.98 Å². The van der Waals surface area contributed by atoms with E-state index in [1.54, 1.807) is 12.1 Å². The van der Waals surface area contributed by atoms with Crippen LogP contribution in [0.25, 0.3) is 11.3 Å². The fourth-order valence-corrected chi connectivity index (χ4v) is 3.60. The molecule has 0 fully saturated rings. The molecule has 0 aliphatic carbocycles. The van der Waals surface area contributed by atoms with Gasteiger partial charge < -0.3 is 9.88 Å². The second-order valence-corrected chi connectivity index (χ2v) is 7.16. The van der Waals surface area contributed by atoms with E-state index in [9.17, 15) is 18.0 Å². The smallest absolute Gasteiger partial charge is 0.334 e. The number of imidazole rings is 1. The lowest BCUT2D eigenvalue weighted by Crippen LogP contribution is -2.15. The highest BCUT2D eigenvalue weighted by Gasteiger charge is 2.30. The van der Waals surface area contributed by atoms with Crippen molar-refractivity contribution in [2.75, 3.05) is 5.32 Å². The van der Waals surface area contributed by atoms with Gasteiger partial charge in [0, 0.05) is 24.7 Å². The Morgan fingerprint density at radius 1 is 1.10 bits per heavy atom. The maximum atomic E-state index is 12.9. The molecule has 0 spiro atoms. The van der Waals surface area contributed by atoms with Crippen molar-refractivity contribution >= 4 is 11.6 Å². The molecule has 4 nitrogen and oxygen atoms in total. The van der Waals surface area contributed by atoms with Gasteiger partial charge in [-0.15, -0.1) is 0 Å². The number of rotatable bonds is 4. The third-order valence-corrected chi connectivity index (χ3v) is 5.00. The summed E-state index contributed by atoms with van der Waals surface area (Å²) in [5.74, 6) is 0.664. The van der Waals surface area contributed by atoms with Crippen molar-refractivity contribution in [3.63, 3.8) is 0 Å².